The highest BCUT2D eigenvalue weighted by molar-refractivity contribution is 5.99. The van der Waals surface area contributed by atoms with Crippen molar-refractivity contribution in [3.63, 3.8) is 0 Å². The van der Waals surface area contributed by atoms with Crippen molar-refractivity contribution in [2.75, 3.05) is 0 Å². The van der Waals surface area contributed by atoms with Gasteiger partial charge in [0.15, 0.2) is 5.78 Å². The van der Waals surface area contributed by atoms with Crippen LogP contribution in [0.1, 0.15) is 88.5 Å². The molecule has 0 radical (unpaired) electrons. The number of ether oxygens (including phenoxy) is 1. The van der Waals surface area contributed by atoms with Gasteiger partial charge >= 0.3 is 6.09 Å². The van der Waals surface area contributed by atoms with E-state index in [1.807, 2.05) is 55.4 Å². The number of carbonyl (C=O) groups excluding carboxylic acids is 2. The smallest absolute Gasteiger partial charge is 0.411 e. The molecule has 0 saturated heterocycles. The zero-order valence-electron chi connectivity index (χ0n) is 24.1. The Kier molecular flexibility index (Phi) is 11.9. The average molecular weight is 507 g/mol. The van der Waals surface area contributed by atoms with Crippen LogP contribution in [0.2, 0.25) is 0 Å². The van der Waals surface area contributed by atoms with Gasteiger partial charge in [-0.1, -0.05) is 46.1 Å². The zero-order valence-corrected chi connectivity index (χ0v) is 24.1. The largest absolute Gasteiger partial charge is 0.507 e. The number of hydrogen-bond acceptors (Lipinski definition) is 6. The summed E-state index contributed by atoms with van der Waals surface area (Å²) in [5, 5.41) is 22.0. The third-order valence-corrected chi connectivity index (χ3v) is 6.59. The lowest BCUT2D eigenvalue weighted by Gasteiger charge is -2.50. The Balaban J connectivity index is 6.32. The van der Waals surface area contributed by atoms with Crippen LogP contribution in [0.4, 0.5) is 4.79 Å². The van der Waals surface area contributed by atoms with Crippen molar-refractivity contribution in [3.05, 3.63) is 48.8 Å². The first-order chi connectivity index (χ1) is 16.2. The zero-order chi connectivity index (χ0) is 28.7. The number of amides is 1. The number of Topliss-reactive ketones (excluding diaryl/α,β-unsaturated/α-hetero) is 1. The molecule has 7 nitrogen and oxygen atoms in total. The molecule has 0 fully saturated rings. The highest BCUT2D eigenvalue weighted by Crippen LogP contribution is 2.37. The molecule has 2 atom stereocenters. The monoisotopic (exact) mass is 506 g/mol. The lowest BCUT2D eigenvalue weighted by Crippen LogP contribution is -2.63. The minimum atomic E-state index is -1.61. The van der Waals surface area contributed by atoms with Crippen molar-refractivity contribution in [2.24, 2.45) is 11.7 Å². The topological polar surface area (TPSA) is 113 Å². The van der Waals surface area contributed by atoms with Gasteiger partial charge in [0, 0.05) is 23.5 Å². The lowest BCUT2D eigenvalue weighted by atomic mass is 9.73. The molecule has 0 bridgehead atoms. The van der Waals surface area contributed by atoms with E-state index in [1.165, 1.54) is 24.3 Å². The maximum atomic E-state index is 13.3. The van der Waals surface area contributed by atoms with Gasteiger partial charge in [-0.05, 0) is 79.4 Å². The Labute approximate surface area is 218 Å². The Morgan fingerprint density at radius 2 is 1.50 bits per heavy atom. The maximum Gasteiger partial charge on any atom is 0.411 e. The van der Waals surface area contributed by atoms with Gasteiger partial charge in [-0.2, -0.15) is 0 Å². The van der Waals surface area contributed by atoms with Gasteiger partial charge in [-0.25, -0.2) is 4.79 Å². The molecular formula is C29H50N2O5. The van der Waals surface area contributed by atoms with E-state index < -0.39 is 46.1 Å². The van der Waals surface area contributed by atoms with E-state index in [9.17, 15) is 19.8 Å². The molecule has 0 aliphatic heterocycles. The normalized spacial score (nSPS) is 16.2. The highest BCUT2D eigenvalue weighted by Gasteiger charge is 2.48. The van der Waals surface area contributed by atoms with Crippen molar-refractivity contribution in [3.8, 4) is 0 Å². The maximum absolute atomic E-state index is 13.3. The first kappa shape index (κ1) is 33.6. The summed E-state index contributed by atoms with van der Waals surface area (Å²) in [5.74, 6) is -1.14. The number of rotatable bonds is 13. The number of hydrogen-bond donors (Lipinski definition) is 3. The molecule has 0 rings (SSSR count). The first-order valence-electron chi connectivity index (χ1n) is 12.6. The summed E-state index contributed by atoms with van der Waals surface area (Å²) < 4.78 is 5.73. The minimum Gasteiger partial charge on any atom is -0.507 e. The number of ketones is 1. The summed E-state index contributed by atoms with van der Waals surface area (Å²) in [4.78, 5) is 28.2. The van der Waals surface area contributed by atoms with Crippen LogP contribution < -0.4 is 5.73 Å². The quantitative estimate of drug-likeness (QED) is 0.160. The Hall–Kier alpha value is -2.38. The van der Waals surface area contributed by atoms with Crippen molar-refractivity contribution in [1.82, 2.24) is 4.90 Å². The molecule has 1 amide bonds. The predicted molar refractivity (Wildman–Crippen MR) is 148 cm³/mol. The van der Waals surface area contributed by atoms with E-state index in [1.54, 1.807) is 18.7 Å². The SMILES string of the molecule is C=C/C=C(O)\C(=C/C=C)C(=O)CC(O)(C(C)C)C(N)CC(C)(C)N(C(=O)OC(C)(C)C)C(C)(C)CC. The molecule has 7 heteroatoms. The van der Waals surface area contributed by atoms with Crippen LogP contribution in [0, 0.1) is 5.92 Å². The second kappa shape index (κ2) is 12.7. The molecule has 206 valence electrons. The number of aliphatic hydroxyl groups is 2. The highest BCUT2D eigenvalue weighted by atomic mass is 16.6. The van der Waals surface area contributed by atoms with Crippen LogP contribution in [0.5, 0.6) is 0 Å². The molecule has 0 aromatic heterocycles. The molecule has 0 aliphatic carbocycles. The van der Waals surface area contributed by atoms with Gasteiger partial charge in [0.2, 0.25) is 0 Å². The Morgan fingerprint density at radius 3 is 1.89 bits per heavy atom. The second-order valence-electron chi connectivity index (χ2n) is 12.0. The fourth-order valence-corrected chi connectivity index (χ4v) is 4.34. The second-order valence-corrected chi connectivity index (χ2v) is 12.0. The molecule has 0 aromatic carbocycles. The number of nitrogens with zero attached hydrogens (tertiary/aromatic N) is 1. The molecule has 2 unspecified atom stereocenters. The van der Waals surface area contributed by atoms with E-state index in [4.69, 9.17) is 10.5 Å². The molecule has 4 N–H and O–H groups in total. The van der Waals surface area contributed by atoms with Gasteiger partial charge in [-0.3, -0.25) is 9.69 Å². The first-order valence-corrected chi connectivity index (χ1v) is 12.6. The van der Waals surface area contributed by atoms with Gasteiger partial charge in [-0.15, -0.1) is 0 Å². The van der Waals surface area contributed by atoms with Gasteiger partial charge in [0.1, 0.15) is 11.4 Å². The summed E-state index contributed by atoms with van der Waals surface area (Å²) in [7, 11) is 0. The molecular weight excluding hydrogens is 456 g/mol. The van der Waals surface area contributed by atoms with E-state index >= 15 is 0 Å². The van der Waals surface area contributed by atoms with E-state index in [0.29, 0.717) is 6.42 Å². The van der Waals surface area contributed by atoms with Crippen LogP contribution in [-0.4, -0.2) is 55.3 Å². The Bertz CT molecular complexity index is 861. The summed E-state index contributed by atoms with van der Waals surface area (Å²) in [6.07, 6.45) is 5.53. The summed E-state index contributed by atoms with van der Waals surface area (Å²) in [6, 6.07) is -0.871. The minimum absolute atomic E-state index is 0.0120. The van der Waals surface area contributed by atoms with E-state index in [-0.39, 0.29) is 24.2 Å². The van der Waals surface area contributed by atoms with Gasteiger partial charge < -0.3 is 20.7 Å². The molecule has 0 aliphatic rings. The van der Waals surface area contributed by atoms with Gasteiger partial charge in [0.05, 0.1) is 11.2 Å². The third kappa shape index (κ3) is 8.93. The molecule has 0 spiro atoms. The van der Waals surface area contributed by atoms with Crippen LogP contribution in [0.25, 0.3) is 0 Å². The predicted octanol–water partition coefficient (Wildman–Crippen LogP) is 5.99. The third-order valence-electron chi connectivity index (χ3n) is 6.59. The molecule has 36 heavy (non-hydrogen) atoms. The van der Waals surface area contributed by atoms with Crippen LogP contribution in [0.3, 0.4) is 0 Å². The fraction of sp³-hybridized carbons (Fsp3) is 0.655. The van der Waals surface area contributed by atoms with E-state index in [2.05, 4.69) is 13.2 Å². The Morgan fingerprint density at radius 1 is 1.00 bits per heavy atom. The van der Waals surface area contributed by atoms with Crippen molar-refractivity contribution in [2.45, 2.75) is 117 Å². The van der Waals surface area contributed by atoms with Gasteiger partial charge in [0.25, 0.3) is 0 Å². The summed E-state index contributed by atoms with van der Waals surface area (Å²) in [5.41, 5.74) is 2.97. The summed E-state index contributed by atoms with van der Waals surface area (Å²) >= 11 is 0. The number of aliphatic hydroxyl groups excluding tert-OH is 1. The van der Waals surface area contributed by atoms with Crippen LogP contribution in [0.15, 0.2) is 48.8 Å². The lowest BCUT2D eigenvalue weighted by molar-refractivity contribution is -0.125. The molecule has 0 heterocycles. The number of carbonyl (C=O) groups is 2. The van der Waals surface area contributed by atoms with Crippen LogP contribution in [-0.2, 0) is 9.53 Å². The number of nitrogens with two attached hydrogens (primary N) is 1. The summed E-state index contributed by atoms with van der Waals surface area (Å²) in [6.45, 7) is 25.9. The van der Waals surface area contributed by atoms with Crippen molar-refractivity contribution < 1.29 is 24.5 Å². The van der Waals surface area contributed by atoms with E-state index in [0.717, 1.165) is 0 Å². The molecule has 0 saturated carbocycles. The molecule has 0 aromatic rings. The average Bonchev–Trinajstić information content (AvgIpc) is 2.69. The van der Waals surface area contributed by atoms with Crippen molar-refractivity contribution >= 4 is 11.9 Å². The van der Waals surface area contributed by atoms with Crippen molar-refractivity contribution in [1.29, 1.82) is 0 Å². The standard InChI is InChI=1S/C29H50N2O5/c1-13-16-21(22(32)17-14-2)23(33)18-29(35,20(4)5)24(30)19-28(11,12)31(27(9,10)15-3)25(34)36-26(6,7)8/h13-14,16-17,20,24,32,35H,1-2,15,18-19,30H2,3-12H3/b21-16+,22-17+. The van der Waals surface area contributed by atoms with Crippen LogP contribution >= 0.6 is 0 Å². The number of allylic oxidation sites excluding steroid dienone is 5. The fourth-order valence-electron chi connectivity index (χ4n) is 4.34.